The third kappa shape index (κ3) is 5.91. The van der Waals surface area contributed by atoms with Gasteiger partial charge in [-0.3, -0.25) is 4.90 Å². The minimum Gasteiger partial charge on any atom is -0.497 e. The van der Waals surface area contributed by atoms with E-state index in [2.05, 4.69) is 15.4 Å². The quantitative estimate of drug-likeness (QED) is 0.236. The SMILES string of the molecule is COc1ccc(CN(c2ccon2)S(=O)(=O)c2cc(Cl)c(NCc3c(F)cccc3CN3CCC3)cc2F)cc1. The first-order valence-corrected chi connectivity index (χ1v) is 14.4. The van der Waals surface area contributed by atoms with Gasteiger partial charge < -0.3 is 14.6 Å². The Labute approximate surface area is 236 Å². The average Bonchev–Trinajstić information content (AvgIpc) is 3.45. The molecule has 1 N–H and O–H groups in total. The van der Waals surface area contributed by atoms with Crippen molar-refractivity contribution in [1.29, 1.82) is 0 Å². The smallest absolute Gasteiger partial charge is 0.268 e. The Morgan fingerprint density at radius 3 is 2.52 bits per heavy atom. The fourth-order valence-corrected chi connectivity index (χ4v) is 6.18. The van der Waals surface area contributed by atoms with Crippen LogP contribution in [-0.2, 0) is 29.7 Å². The van der Waals surface area contributed by atoms with Crippen LogP contribution in [0.1, 0.15) is 23.1 Å². The van der Waals surface area contributed by atoms with Gasteiger partial charge in [-0.05, 0) is 61.0 Å². The molecule has 1 fully saturated rings. The van der Waals surface area contributed by atoms with E-state index in [9.17, 15) is 12.8 Å². The monoisotopic (exact) mass is 588 g/mol. The highest BCUT2D eigenvalue weighted by molar-refractivity contribution is 7.92. The number of rotatable bonds is 11. The van der Waals surface area contributed by atoms with E-state index < -0.39 is 20.7 Å². The van der Waals surface area contributed by atoms with Crippen LogP contribution in [0.5, 0.6) is 5.75 Å². The second-order valence-corrected chi connectivity index (χ2v) is 11.6. The lowest BCUT2D eigenvalue weighted by atomic mass is 10.0. The van der Waals surface area contributed by atoms with Gasteiger partial charge >= 0.3 is 0 Å². The van der Waals surface area contributed by atoms with Crippen LogP contribution < -0.4 is 14.4 Å². The maximum atomic E-state index is 15.4. The van der Waals surface area contributed by atoms with Gasteiger partial charge in [-0.1, -0.05) is 41.0 Å². The van der Waals surface area contributed by atoms with Crippen LogP contribution in [0.25, 0.3) is 0 Å². The highest BCUT2D eigenvalue weighted by atomic mass is 35.5. The molecule has 0 radical (unpaired) electrons. The highest BCUT2D eigenvalue weighted by Crippen LogP contribution is 2.33. The van der Waals surface area contributed by atoms with E-state index >= 15 is 4.39 Å². The van der Waals surface area contributed by atoms with Crippen molar-refractivity contribution in [2.75, 3.05) is 29.8 Å². The topological polar surface area (TPSA) is 87.9 Å². The van der Waals surface area contributed by atoms with Crippen molar-refractivity contribution in [3.05, 3.63) is 100 Å². The van der Waals surface area contributed by atoms with Crippen LogP contribution in [-0.4, -0.2) is 38.7 Å². The molecule has 12 heteroatoms. The Hall–Kier alpha value is -3.67. The number of hydrogen-bond donors (Lipinski definition) is 1. The van der Waals surface area contributed by atoms with Gasteiger partial charge in [0.1, 0.15) is 28.5 Å². The Bertz CT molecular complexity index is 1580. The second kappa shape index (κ2) is 11.8. The standard InChI is InChI=1S/C28H27ClF2N4O4S/c1-38-21-8-6-19(7-9-21)17-35(28-10-13-39-33-28)40(36,37)27-14-23(29)26(15-25(27)31)32-16-22-20(4-2-5-24(22)30)18-34-11-3-12-34/h2,4-10,13-15,32H,3,11-12,16-18H2,1H3. The number of aromatic nitrogens is 1. The lowest BCUT2D eigenvalue weighted by Gasteiger charge is -2.31. The number of anilines is 2. The van der Waals surface area contributed by atoms with Crippen molar-refractivity contribution in [3.8, 4) is 5.75 Å². The van der Waals surface area contributed by atoms with Crippen molar-refractivity contribution < 1.29 is 26.5 Å². The molecular formula is C28H27ClF2N4O4S. The molecule has 1 aromatic heterocycles. The number of hydrogen-bond acceptors (Lipinski definition) is 7. The zero-order valence-corrected chi connectivity index (χ0v) is 23.2. The van der Waals surface area contributed by atoms with Gasteiger partial charge in [-0.25, -0.2) is 21.5 Å². The zero-order valence-electron chi connectivity index (χ0n) is 21.6. The summed E-state index contributed by atoms with van der Waals surface area (Å²) in [4.78, 5) is 1.57. The molecule has 1 aliphatic heterocycles. The first-order chi connectivity index (χ1) is 19.3. The van der Waals surface area contributed by atoms with Crippen LogP contribution >= 0.6 is 11.6 Å². The molecule has 0 saturated carbocycles. The molecule has 5 rings (SSSR count). The Balaban J connectivity index is 1.40. The van der Waals surface area contributed by atoms with E-state index in [1.54, 1.807) is 30.3 Å². The van der Waals surface area contributed by atoms with E-state index in [0.717, 1.165) is 41.5 Å². The molecular weight excluding hydrogens is 562 g/mol. The van der Waals surface area contributed by atoms with Gasteiger partial charge in [0.15, 0.2) is 5.82 Å². The minimum atomic E-state index is -4.47. The van der Waals surface area contributed by atoms with Crippen molar-refractivity contribution in [1.82, 2.24) is 10.1 Å². The normalized spacial score (nSPS) is 13.6. The number of sulfonamides is 1. The number of halogens is 3. The molecule has 210 valence electrons. The summed E-state index contributed by atoms with van der Waals surface area (Å²) in [5.74, 6) is -0.834. The molecule has 0 unspecified atom stereocenters. The Morgan fingerprint density at radius 1 is 1.10 bits per heavy atom. The summed E-state index contributed by atoms with van der Waals surface area (Å²) < 4.78 is 68.5. The zero-order chi connectivity index (χ0) is 28.3. The molecule has 0 atom stereocenters. The molecule has 0 amide bonds. The Morgan fingerprint density at radius 2 is 1.88 bits per heavy atom. The summed E-state index contributed by atoms with van der Waals surface area (Å²) >= 11 is 6.43. The van der Waals surface area contributed by atoms with Crippen LogP contribution in [0.2, 0.25) is 5.02 Å². The van der Waals surface area contributed by atoms with Gasteiger partial charge in [0, 0.05) is 24.7 Å². The summed E-state index contributed by atoms with van der Waals surface area (Å²) in [5.41, 5.74) is 2.01. The average molecular weight is 589 g/mol. The third-order valence-electron chi connectivity index (χ3n) is 6.77. The molecule has 3 aromatic carbocycles. The van der Waals surface area contributed by atoms with Gasteiger partial charge in [0.05, 0.1) is 24.4 Å². The molecule has 40 heavy (non-hydrogen) atoms. The van der Waals surface area contributed by atoms with Crippen molar-refractivity contribution in [2.45, 2.75) is 31.0 Å². The number of nitrogens with one attached hydrogen (secondary N) is 1. The minimum absolute atomic E-state index is 0.0252. The lowest BCUT2D eigenvalue weighted by molar-refractivity contribution is 0.172. The number of ether oxygens (including phenoxy) is 1. The van der Waals surface area contributed by atoms with E-state index in [1.807, 2.05) is 6.07 Å². The van der Waals surface area contributed by atoms with Crippen molar-refractivity contribution in [2.24, 2.45) is 0 Å². The van der Waals surface area contributed by atoms with Crippen molar-refractivity contribution >= 4 is 33.1 Å². The summed E-state index contributed by atoms with van der Waals surface area (Å²) in [7, 11) is -2.95. The molecule has 0 spiro atoms. The third-order valence-corrected chi connectivity index (χ3v) is 8.85. The van der Waals surface area contributed by atoms with Crippen molar-refractivity contribution in [3.63, 3.8) is 0 Å². The summed E-state index contributed by atoms with van der Waals surface area (Å²) in [6.07, 6.45) is 2.34. The van der Waals surface area contributed by atoms with Gasteiger partial charge in [0.2, 0.25) is 0 Å². The number of methoxy groups -OCH3 is 1. The molecule has 1 saturated heterocycles. The van der Waals surface area contributed by atoms with E-state index in [1.165, 1.54) is 25.5 Å². The molecule has 0 aliphatic carbocycles. The van der Waals surface area contributed by atoms with Crippen LogP contribution in [0, 0.1) is 11.6 Å². The summed E-state index contributed by atoms with van der Waals surface area (Å²) in [6.45, 7) is 2.42. The predicted molar refractivity (Wildman–Crippen MR) is 148 cm³/mol. The van der Waals surface area contributed by atoms with E-state index in [4.69, 9.17) is 20.9 Å². The van der Waals surface area contributed by atoms with E-state index in [0.29, 0.717) is 23.4 Å². The van der Waals surface area contributed by atoms with Crippen LogP contribution in [0.4, 0.5) is 20.3 Å². The maximum Gasteiger partial charge on any atom is 0.268 e. The molecule has 0 bridgehead atoms. The summed E-state index contributed by atoms with van der Waals surface area (Å²) in [6, 6.07) is 15.0. The number of likely N-dealkylation sites (tertiary alicyclic amines) is 1. The largest absolute Gasteiger partial charge is 0.497 e. The first kappa shape index (κ1) is 27.9. The number of nitrogens with zero attached hydrogens (tertiary/aromatic N) is 3. The maximum absolute atomic E-state index is 15.4. The first-order valence-electron chi connectivity index (χ1n) is 12.5. The van der Waals surface area contributed by atoms with Gasteiger partial charge in [-0.2, -0.15) is 0 Å². The van der Waals surface area contributed by atoms with Gasteiger partial charge in [0.25, 0.3) is 10.0 Å². The fourth-order valence-electron chi connectivity index (χ4n) is 4.41. The molecule has 2 heterocycles. The summed E-state index contributed by atoms with van der Waals surface area (Å²) in [5, 5.41) is 6.69. The highest BCUT2D eigenvalue weighted by Gasteiger charge is 2.31. The van der Waals surface area contributed by atoms with E-state index in [-0.39, 0.29) is 35.4 Å². The molecule has 8 nitrogen and oxygen atoms in total. The van der Waals surface area contributed by atoms with Crippen LogP contribution in [0.3, 0.4) is 0 Å². The molecule has 1 aliphatic rings. The lowest BCUT2D eigenvalue weighted by Crippen LogP contribution is -2.36. The number of benzene rings is 3. The molecule has 4 aromatic rings. The fraction of sp³-hybridized carbons (Fsp3) is 0.250. The second-order valence-electron chi connectivity index (χ2n) is 9.34. The predicted octanol–water partition coefficient (Wildman–Crippen LogP) is 5.83. The van der Waals surface area contributed by atoms with Crippen LogP contribution in [0.15, 0.2) is 76.3 Å². The Kier molecular flexibility index (Phi) is 8.24. The van der Waals surface area contributed by atoms with Gasteiger partial charge in [-0.15, -0.1) is 0 Å².